The van der Waals surface area contributed by atoms with Gasteiger partial charge in [-0.15, -0.1) is 0 Å². The molecule has 1 aliphatic heterocycles. The Balaban J connectivity index is 1.51. The molecule has 6 nitrogen and oxygen atoms in total. The summed E-state index contributed by atoms with van der Waals surface area (Å²) in [5, 5.41) is 3.32. The Bertz CT molecular complexity index is 734. The number of nitrogens with zero attached hydrogens (tertiary/aromatic N) is 3. The van der Waals surface area contributed by atoms with Gasteiger partial charge in [-0.25, -0.2) is 9.97 Å². The molecule has 3 aliphatic rings. The summed E-state index contributed by atoms with van der Waals surface area (Å²) in [6.07, 6.45) is 9.76. The van der Waals surface area contributed by atoms with Gasteiger partial charge in [0, 0.05) is 31.3 Å². The van der Waals surface area contributed by atoms with Gasteiger partial charge in [-0.1, -0.05) is 26.7 Å². The molecular weight excluding hydrogens is 364 g/mol. The SMILES string of the molecule is C[C@@H]1CN(c2ncc3c(n2)CC(C)(C)C[C@@H]3NC(=O)CC2CCCC2)C[C@H](C)O1. The Hall–Kier alpha value is -1.69. The molecular formula is C23H36N4O2. The zero-order chi connectivity index (χ0) is 20.6. The smallest absolute Gasteiger partial charge is 0.225 e. The first-order chi connectivity index (χ1) is 13.8. The predicted molar refractivity (Wildman–Crippen MR) is 114 cm³/mol. The molecule has 3 atom stereocenters. The lowest BCUT2D eigenvalue weighted by Crippen LogP contribution is -2.46. The Kier molecular flexibility index (Phi) is 5.83. The highest BCUT2D eigenvalue weighted by Gasteiger charge is 2.35. The molecule has 4 rings (SSSR count). The van der Waals surface area contributed by atoms with Crippen LogP contribution in [-0.2, 0) is 16.0 Å². The number of aromatic nitrogens is 2. The second-order valence-corrected chi connectivity index (χ2v) is 10.3. The van der Waals surface area contributed by atoms with Gasteiger partial charge in [-0.3, -0.25) is 4.79 Å². The predicted octanol–water partition coefficient (Wildman–Crippen LogP) is 3.80. The van der Waals surface area contributed by atoms with Crippen LogP contribution in [0.25, 0.3) is 0 Å². The van der Waals surface area contributed by atoms with Crippen molar-refractivity contribution in [3.63, 3.8) is 0 Å². The van der Waals surface area contributed by atoms with Crippen LogP contribution in [0.15, 0.2) is 6.20 Å². The molecule has 29 heavy (non-hydrogen) atoms. The van der Waals surface area contributed by atoms with Crippen LogP contribution >= 0.6 is 0 Å². The topological polar surface area (TPSA) is 67.4 Å². The standard InChI is InChI=1S/C23H36N4O2/c1-15-13-27(14-16(2)29-15)22-24-12-18-19(10-23(3,4)11-20(18)26-22)25-21(28)9-17-7-5-6-8-17/h12,15-17,19H,5-11,13-14H2,1-4H3,(H,25,28)/t15-,16+,19-/m0/s1. The lowest BCUT2D eigenvalue weighted by molar-refractivity contribution is -0.123. The van der Waals surface area contributed by atoms with Gasteiger partial charge in [0.25, 0.3) is 0 Å². The number of carbonyl (C=O) groups excluding carboxylic acids is 1. The van der Waals surface area contributed by atoms with E-state index in [1.165, 1.54) is 25.7 Å². The van der Waals surface area contributed by atoms with E-state index in [-0.39, 0.29) is 29.6 Å². The molecule has 2 fully saturated rings. The highest BCUT2D eigenvalue weighted by atomic mass is 16.5. The van der Waals surface area contributed by atoms with Crippen LogP contribution in [0.2, 0.25) is 0 Å². The first-order valence-corrected chi connectivity index (χ1v) is 11.3. The Morgan fingerprint density at radius 3 is 2.62 bits per heavy atom. The molecule has 0 unspecified atom stereocenters. The molecule has 0 aromatic carbocycles. The highest BCUT2D eigenvalue weighted by Crippen LogP contribution is 2.40. The van der Waals surface area contributed by atoms with Crippen LogP contribution in [0.3, 0.4) is 0 Å². The summed E-state index contributed by atoms with van der Waals surface area (Å²) in [4.78, 5) is 24.6. The van der Waals surface area contributed by atoms with Crippen LogP contribution in [0.5, 0.6) is 0 Å². The number of fused-ring (bicyclic) bond motifs is 1. The zero-order valence-corrected chi connectivity index (χ0v) is 18.4. The third-order valence-corrected chi connectivity index (χ3v) is 6.65. The van der Waals surface area contributed by atoms with Crippen LogP contribution in [0.1, 0.15) is 83.5 Å². The van der Waals surface area contributed by atoms with Crippen molar-refractivity contribution in [2.75, 3.05) is 18.0 Å². The second-order valence-electron chi connectivity index (χ2n) is 10.3. The molecule has 2 aliphatic carbocycles. The summed E-state index contributed by atoms with van der Waals surface area (Å²) < 4.78 is 5.85. The van der Waals surface area contributed by atoms with Gasteiger partial charge < -0.3 is 15.0 Å². The third-order valence-electron chi connectivity index (χ3n) is 6.65. The summed E-state index contributed by atoms with van der Waals surface area (Å²) in [6, 6.07) is 0.0132. The number of rotatable bonds is 4. The van der Waals surface area contributed by atoms with Crippen molar-refractivity contribution in [3.8, 4) is 0 Å². The average Bonchev–Trinajstić information content (AvgIpc) is 3.12. The summed E-state index contributed by atoms with van der Waals surface area (Å²) in [5.74, 6) is 1.54. The number of nitrogens with one attached hydrogen (secondary N) is 1. The quantitative estimate of drug-likeness (QED) is 0.833. The molecule has 1 saturated carbocycles. The minimum atomic E-state index is 0.0132. The monoisotopic (exact) mass is 400 g/mol. The molecule has 1 aromatic heterocycles. The first kappa shape index (κ1) is 20.6. The van der Waals surface area contributed by atoms with Gasteiger partial charge in [0.2, 0.25) is 11.9 Å². The van der Waals surface area contributed by atoms with Crippen molar-refractivity contribution < 1.29 is 9.53 Å². The van der Waals surface area contributed by atoms with E-state index in [0.717, 1.165) is 43.1 Å². The van der Waals surface area contributed by atoms with Crippen LogP contribution in [-0.4, -0.2) is 41.2 Å². The van der Waals surface area contributed by atoms with Gasteiger partial charge in [0.15, 0.2) is 0 Å². The first-order valence-electron chi connectivity index (χ1n) is 11.3. The minimum absolute atomic E-state index is 0.0132. The van der Waals surface area contributed by atoms with Crippen LogP contribution < -0.4 is 10.2 Å². The number of amides is 1. The molecule has 0 bridgehead atoms. The molecule has 160 valence electrons. The van der Waals surface area contributed by atoms with Gasteiger partial charge in [0.05, 0.1) is 23.9 Å². The van der Waals surface area contributed by atoms with Crippen molar-refractivity contribution >= 4 is 11.9 Å². The molecule has 1 amide bonds. The largest absolute Gasteiger partial charge is 0.372 e. The minimum Gasteiger partial charge on any atom is -0.372 e. The van der Waals surface area contributed by atoms with E-state index in [2.05, 4.69) is 37.9 Å². The van der Waals surface area contributed by atoms with Crippen LogP contribution in [0.4, 0.5) is 5.95 Å². The summed E-state index contributed by atoms with van der Waals surface area (Å²) in [5.41, 5.74) is 2.29. The molecule has 0 radical (unpaired) electrons. The number of hydrogen-bond acceptors (Lipinski definition) is 5. The normalized spacial score (nSPS) is 29.5. The van der Waals surface area contributed by atoms with Crippen molar-refractivity contribution in [2.45, 2.75) is 90.9 Å². The molecule has 1 saturated heterocycles. The molecule has 1 N–H and O–H groups in total. The van der Waals surface area contributed by atoms with E-state index in [1.807, 2.05) is 6.20 Å². The van der Waals surface area contributed by atoms with Crippen molar-refractivity contribution in [2.24, 2.45) is 11.3 Å². The van der Waals surface area contributed by atoms with Crippen molar-refractivity contribution in [3.05, 3.63) is 17.5 Å². The second kappa shape index (κ2) is 8.21. The number of carbonyl (C=O) groups is 1. The van der Waals surface area contributed by atoms with E-state index in [0.29, 0.717) is 12.3 Å². The van der Waals surface area contributed by atoms with E-state index in [9.17, 15) is 4.79 Å². The summed E-state index contributed by atoms with van der Waals surface area (Å²) in [6.45, 7) is 10.4. The lowest BCUT2D eigenvalue weighted by atomic mass is 9.74. The average molecular weight is 401 g/mol. The van der Waals surface area contributed by atoms with E-state index in [1.54, 1.807) is 0 Å². The summed E-state index contributed by atoms with van der Waals surface area (Å²) in [7, 11) is 0. The fourth-order valence-electron chi connectivity index (χ4n) is 5.39. The fraction of sp³-hybridized carbons (Fsp3) is 0.783. The van der Waals surface area contributed by atoms with Crippen molar-refractivity contribution in [1.29, 1.82) is 0 Å². The summed E-state index contributed by atoms with van der Waals surface area (Å²) >= 11 is 0. The number of hydrogen-bond donors (Lipinski definition) is 1. The lowest BCUT2D eigenvalue weighted by Gasteiger charge is -2.38. The Morgan fingerprint density at radius 1 is 1.24 bits per heavy atom. The molecule has 2 heterocycles. The van der Waals surface area contributed by atoms with E-state index in [4.69, 9.17) is 14.7 Å². The zero-order valence-electron chi connectivity index (χ0n) is 18.4. The van der Waals surface area contributed by atoms with E-state index < -0.39 is 0 Å². The van der Waals surface area contributed by atoms with E-state index >= 15 is 0 Å². The van der Waals surface area contributed by atoms with Gasteiger partial charge in [-0.2, -0.15) is 0 Å². The van der Waals surface area contributed by atoms with Gasteiger partial charge in [-0.05, 0) is 50.9 Å². The fourth-order valence-corrected chi connectivity index (χ4v) is 5.39. The number of anilines is 1. The maximum Gasteiger partial charge on any atom is 0.225 e. The number of morpholine rings is 1. The maximum absolute atomic E-state index is 12.7. The van der Waals surface area contributed by atoms with Gasteiger partial charge in [0.1, 0.15) is 0 Å². The third kappa shape index (κ3) is 4.90. The number of ether oxygens (including phenoxy) is 1. The van der Waals surface area contributed by atoms with Crippen molar-refractivity contribution in [1.82, 2.24) is 15.3 Å². The van der Waals surface area contributed by atoms with Gasteiger partial charge >= 0.3 is 0 Å². The highest BCUT2D eigenvalue weighted by molar-refractivity contribution is 5.76. The Morgan fingerprint density at radius 2 is 1.93 bits per heavy atom. The molecule has 6 heteroatoms. The maximum atomic E-state index is 12.7. The molecule has 1 aromatic rings. The molecule has 0 spiro atoms. The van der Waals surface area contributed by atoms with Crippen LogP contribution in [0, 0.1) is 11.3 Å². The Labute approximate surface area is 174 Å².